The Morgan fingerprint density at radius 1 is 1.56 bits per heavy atom. The molecule has 0 amide bonds. The van der Waals surface area contributed by atoms with E-state index < -0.39 is 0 Å². The highest BCUT2D eigenvalue weighted by Gasteiger charge is 2.18. The van der Waals surface area contributed by atoms with Gasteiger partial charge in [0.1, 0.15) is 5.78 Å². The molecule has 1 N–H and O–H groups in total. The lowest BCUT2D eigenvalue weighted by Gasteiger charge is -2.23. The normalized spacial score (nSPS) is 19.8. The van der Waals surface area contributed by atoms with E-state index in [-0.39, 0.29) is 11.9 Å². The number of morpholine rings is 1. The first kappa shape index (κ1) is 14.0. The van der Waals surface area contributed by atoms with Crippen molar-refractivity contribution in [3.63, 3.8) is 0 Å². The van der Waals surface area contributed by atoms with E-state index in [0.29, 0.717) is 24.5 Å². The molecule has 3 nitrogen and oxygen atoms in total. The molecular formula is C13H15BrClNO2. The first-order valence-electron chi connectivity index (χ1n) is 5.93. The van der Waals surface area contributed by atoms with E-state index in [9.17, 15) is 4.79 Å². The number of Topliss-reactive ketones (excluding diaryl/α,β-unsaturated/α-hetero) is 1. The molecule has 5 heteroatoms. The van der Waals surface area contributed by atoms with Gasteiger partial charge in [0.2, 0.25) is 0 Å². The van der Waals surface area contributed by atoms with Gasteiger partial charge in [-0.15, -0.1) is 0 Å². The summed E-state index contributed by atoms with van der Waals surface area (Å²) in [7, 11) is 0. The van der Waals surface area contributed by atoms with Crippen molar-refractivity contribution in [1.29, 1.82) is 0 Å². The van der Waals surface area contributed by atoms with Gasteiger partial charge in [0, 0.05) is 35.4 Å². The van der Waals surface area contributed by atoms with Gasteiger partial charge in [-0.05, 0) is 17.7 Å². The minimum atomic E-state index is 0.000439. The third kappa shape index (κ3) is 4.05. The van der Waals surface area contributed by atoms with Gasteiger partial charge in [0.05, 0.1) is 12.7 Å². The van der Waals surface area contributed by atoms with Crippen LogP contribution in [0.4, 0.5) is 0 Å². The molecule has 0 aromatic heterocycles. The summed E-state index contributed by atoms with van der Waals surface area (Å²) in [6.07, 6.45) is 0.811. The number of hydrogen-bond acceptors (Lipinski definition) is 3. The predicted octanol–water partition coefficient (Wildman–Crippen LogP) is 2.59. The zero-order chi connectivity index (χ0) is 13.0. The van der Waals surface area contributed by atoms with Gasteiger partial charge in [-0.3, -0.25) is 4.79 Å². The van der Waals surface area contributed by atoms with Gasteiger partial charge < -0.3 is 10.1 Å². The number of ether oxygens (including phenoxy) is 1. The Bertz CT molecular complexity index is 433. The smallest absolute Gasteiger partial charge is 0.139 e. The average molecular weight is 333 g/mol. The number of hydrogen-bond donors (Lipinski definition) is 1. The Balaban J connectivity index is 1.90. The van der Waals surface area contributed by atoms with Crippen LogP contribution in [0.5, 0.6) is 0 Å². The second-order valence-electron chi connectivity index (χ2n) is 4.35. The summed E-state index contributed by atoms with van der Waals surface area (Å²) in [4.78, 5) is 11.9. The van der Waals surface area contributed by atoms with Gasteiger partial charge in [-0.1, -0.05) is 33.6 Å². The molecule has 1 aliphatic rings. The molecule has 1 unspecified atom stereocenters. The third-order valence-corrected chi connectivity index (χ3v) is 3.71. The Morgan fingerprint density at radius 3 is 3.06 bits per heavy atom. The largest absolute Gasteiger partial charge is 0.375 e. The molecule has 1 fully saturated rings. The maximum atomic E-state index is 11.9. The molecule has 1 heterocycles. The molecule has 1 aromatic rings. The molecular weight excluding hydrogens is 318 g/mol. The number of benzene rings is 1. The van der Waals surface area contributed by atoms with Crippen LogP contribution < -0.4 is 5.32 Å². The van der Waals surface area contributed by atoms with Crippen molar-refractivity contribution < 1.29 is 9.53 Å². The van der Waals surface area contributed by atoms with E-state index in [0.717, 1.165) is 23.1 Å². The molecule has 1 atom stereocenters. The fourth-order valence-corrected chi connectivity index (χ4v) is 2.69. The lowest BCUT2D eigenvalue weighted by atomic mass is 10.0. The van der Waals surface area contributed by atoms with Gasteiger partial charge in [0.25, 0.3) is 0 Å². The highest BCUT2D eigenvalue weighted by atomic mass is 79.9. The summed E-state index contributed by atoms with van der Waals surface area (Å²) < 4.78 is 6.43. The SMILES string of the molecule is O=C(Cc1ccc(Br)cc1Cl)CC1CNCCO1. The van der Waals surface area contributed by atoms with E-state index in [1.165, 1.54) is 0 Å². The summed E-state index contributed by atoms with van der Waals surface area (Å²) >= 11 is 9.44. The summed E-state index contributed by atoms with van der Waals surface area (Å²) in [6.45, 7) is 2.29. The molecule has 1 aromatic carbocycles. The van der Waals surface area contributed by atoms with E-state index in [2.05, 4.69) is 21.2 Å². The van der Waals surface area contributed by atoms with E-state index in [1.807, 2.05) is 18.2 Å². The fraction of sp³-hybridized carbons (Fsp3) is 0.462. The standard InChI is InChI=1S/C13H15BrClNO2/c14-10-2-1-9(13(15)6-10)5-11(17)7-12-8-16-3-4-18-12/h1-2,6,12,16H,3-5,7-8H2. The van der Waals surface area contributed by atoms with Crippen LogP contribution in [0.2, 0.25) is 5.02 Å². The minimum absolute atomic E-state index is 0.000439. The van der Waals surface area contributed by atoms with E-state index in [4.69, 9.17) is 16.3 Å². The molecule has 98 valence electrons. The lowest BCUT2D eigenvalue weighted by Crippen LogP contribution is -2.39. The van der Waals surface area contributed by atoms with Crippen molar-refractivity contribution in [3.8, 4) is 0 Å². The second-order valence-corrected chi connectivity index (χ2v) is 5.68. The van der Waals surface area contributed by atoms with Gasteiger partial charge in [-0.25, -0.2) is 0 Å². The van der Waals surface area contributed by atoms with Crippen LogP contribution >= 0.6 is 27.5 Å². The Morgan fingerprint density at radius 2 is 2.39 bits per heavy atom. The zero-order valence-electron chi connectivity index (χ0n) is 9.92. The summed E-state index contributed by atoms with van der Waals surface area (Å²) in [5, 5.41) is 3.84. The number of ketones is 1. The molecule has 0 radical (unpaired) electrons. The number of halogens is 2. The molecule has 1 aliphatic heterocycles. The van der Waals surface area contributed by atoms with Crippen LogP contribution in [-0.4, -0.2) is 31.6 Å². The quantitative estimate of drug-likeness (QED) is 0.921. The number of carbonyl (C=O) groups excluding carboxylic acids is 1. The number of nitrogens with one attached hydrogen (secondary N) is 1. The maximum absolute atomic E-state index is 11.9. The lowest BCUT2D eigenvalue weighted by molar-refractivity contribution is -0.121. The Kier molecular flexibility index (Phi) is 5.18. The van der Waals surface area contributed by atoms with Crippen molar-refractivity contribution >= 4 is 33.3 Å². The average Bonchev–Trinajstić information content (AvgIpc) is 2.34. The monoisotopic (exact) mass is 331 g/mol. The molecule has 1 saturated heterocycles. The molecule has 0 bridgehead atoms. The van der Waals surface area contributed by atoms with E-state index >= 15 is 0 Å². The highest BCUT2D eigenvalue weighted by molar-refractivity contribution is 9.10. The van der Waals surface area contributed by atoms with Crippen LogP contribution in [0.3, 0.4) is 0 Å². The summed E-state index contributed by atoms with van der Waals surface area (Å²) in [5.41, 5.74) is 0.869. The summed E-state index contributed by atoms with van der Waals surface area (Å²) in [5.74, 6) is 0.160. The molecule has 2 rings (SSSR count). The second kappa shape index (κ2) is 6.66. The van der Waals surface area contributed by atoms with Crippen molar-refractivity contribution in [2.75, 3.05) is 19.7 Å². The predicted molar refractivity (Wildman–Crippen MR) is 75.1 cm³/mol. The van der Waals surface area contributed by atoms with Gasteiger partial charge in [-0.2, -0.15) is 0 Å². The van der Waals surface area contributed by atoms with Crippen LogP contribution in [0.1, 0.15) is 12.0 Å². The molecule has 0 spiro atoms. The highest BCUT2D eigenvalue weighted by Crippen LogP contribution is 2.22. The van der Waals surface area contributed by atoms with Gasteiger partial charge >= 0.3 is 0 Å². The molecule has 0 aliphatic carbocycles. The van der Waals surface area contributed by atoms with Crippen molar-refractivity contribution in [2.24, 2.45) is 0 Å². The Hall–Kier alpha value is -0.420. The first-order chi connectivity index (χ1) is 8.65. The molecule has 0 saturated carbocycles. The molecule has 18 heavy (non-hydrogen) atoms. The van der Waals surface area contributed by atoms with Gasteiger partial charge in [0.15, 0.2) is 0 Å². The topological polar surface area (TPSA) is 38.3 Å². The Labute approximate surface area is 120 Å². The third-order valence-electron chi connectivity index (χ3n) is 2.86. The maximum Gasteiger partial charge on any atom is 0.139 e. The van der Waals surface area contributed by atoms with Crippen molar-refractivity contribution in [3.05, 3.63) is 33.3 Å². The van der Waals surface area contributed by atoms with Crippen LogP contribution in [-0.2, 0) is 16.0 Å². The van der Waals surface area contributed by atoms with Crippen molar-refractivity contribution in [1.82, 2.24) is 5.32 Å². The number of rotatable bonds is 4. The zero-order valence-corrected chi connectivity index (χ0v) is 12.3. The summed E-state index contributed by atoms with van der Waals surface area (Å²) in [6, 6.07) is 5.58. The first-order valence-corrected chi connectivity index (χ1v) is 7.10. The fourth-order valence-electron chi connectivity index (χ4n) is 1.95. The van der Waals surface area contributed by atoms with E-state index in [1.54, 1.807) is 0 Å². The van der Waals surface area contributed by atoms with Crippen LogP contribution in [0.15, 0.2) is 22.7 Å². The number of carbonyl (C=O) groups is 1. The minimum Gasteiger partial charge on any atom is -0.375 e. The van der Waals surface area contributed by atoms with Crippen LogP contribution in [0.25, 0.3) is 0 Å². The van der Waals surface area contributed by atoms with Crippen molar-refractivity contribution in [2.45, 2.75) is 18.9 Å². The van der Waals surface area contributed by atoms with Crippen LogP contribution in [0, 0.1) is 0 Å².